The standard InChI is InChI=1S/C25H20F7N7O2/c26-16-8-14-12(7-15(16)21-34-9-13(10-35-21)24(27,28)29)2-5-39(23(14)41)6-3-17-18(1-4-33-17)37-19-11-36-38-22(40)20(19)25(30,31)32/h2,5,7-11,17-18,33H,1,3-4,6H2,(H2,37,38,40)/t17-,18+/m1/s1. The predicted octanol–water partition coefficient (Wildman–Crippen LogP) is 3.95. The highest BCUT2D eigenvalue weighted by atomic mass is 19.4. The van der Waals surface area contributed by atoms with E-state index in [4.69, 9.17) is 0 Å². The summed E-state index contributed by atoms with van der Waals surface area (Å²) in [6.45, 7) is 0.614. The van der Waals surface area contributed by atoms with E-state index in [0.717, 1.165) is 12.3 Å². The second-order valence-corrected chi connectivity index (χ2v) is 9.40. The van der Waals surface area contributed by atoms with Gasteiger partial charge in [-0.05, 0) is 43.0 Å². The molecule has 1 saturated heterocycles. The highest BCUT2D eigenvalue weighted by Gasteiger charge is 2.39. The third-order valence-electron chi connectivity index (χ3n) is 6.79. The fourth-order valence-corrected chi connectivity index (χ4v) is 4.78. The van der Waals surface area contributed by atoms with Gasteiger partial charge in [-0.3, -0.25) is 9.59 Å². The highest BCUT2D eigenvalue weighted by Crippen LogP contribution is 2.33. The van der Waals surface area contributed by atoms with E-state index < -0.39 is 52.1 Å². The van der Waals surface area contributed by atoms with Crippen molar-refractivity contribution >= 4 is 16.5 Å². The Labute approximate surface area is 225 Å². The van der Waals surface area contributed by atoms with Crippen molar-refractivity contribution in [2.75, 3.05) is 11.9 Å². The predicted molar refractivity (Wildman–Crippen MR) is 132 cm³/mol. The SMILES string of the molecule is O=c1[nH]ncc(N[C@H]2CCN[C@@H]2CCn2ccc3cc(-c4ncc(C(F)(F)F)cn4)c(F)cc3c2=O)c1C(F)(F)F. The lowest BCUT2D eigenvalue weighted by molar-refractivity contribution is -0.139. The lowest BCUT2D eigenvalue weighted by Crippen LogP contribution is -2.38. The van der Waals surface area contributed by atoms with Crippen LogP contribution in [0.3, 0.4) is 0 Å². The molecule has 1 aromatic carbocycles. The number of nitrogens with one attached hydrogen (secondary N) is 3. The zero-order valence-electron chi connectivity index (χ0n) is 20.8. The van der Waals surface area contributed by atoms with E-state index in [1.807, 2.05) is 0 Å². The number of pyridine rings is 1. The summed E-state index contributed by atoms with van der Waals surface area (Å²) in [5.74, 6) is -1.18. The molecule has 0 bridgehead atoms. The molecule has 0 unspecified atom stereocenters. The van der Waals surface area contributed by atoms with Crippen LogP contribution < -0.4 is 21.8 Å². The number of aromatic amines is 1. The van der Waals surface area contributed by atoms with Crippen LogP contribution in [0.1, 0.15) is 24.0 Å². The number of aromatic nitrogens is 5. The molecule has 5 rings (SSSR count). The molecule has 0 spiro atoms. The van der Waals surface area contributed by atoms with E-state index in [0.29, 0.717) is 37.2 Å². The van der Waals surface area contributed by atoms with Gasteiger partial charge in [0.05, 0.1) is 28.4 Å². The molecular formula is C25H20F7N7O2. The minimum absolute atomic E-state index is 0.0131. The maximum absolute atomic E-state index is 14.9. The Hall–Kier alpha value is -4.34. The van der Waals surface area contributed by atoms with Gasteiger partial charge in [-0.25, -0.2) is 19.5 Å². The Morgan fingerprint density at radius 2 is 1.76 bits per heavy atom. The maximum atomic E-state index is 14.9. The average Bonchev–Trinajstić information content (AvgIpc) is 3.34. The van der Waals surface area contributed by atoms with Gasteiger partial charge in [-0.1, -0.05) is 0 Å². The lowest BCUT2D eigenvalue weighted by Gasteiger charge is -2.23. The number of rotatable bonds is 6. The van der Waals surface area contributed by atoms with Crippen LogP contribution in [-0.4, -0.2) is 43.4 Å². The van der Waals surface area contributed by atoms with Gasteiger partial charge < -0.3 is 15.2 Å². The summed E-state index contributed by atoms with van der Waals surface area (Å²) < 4.78 is 94.8. The number of aryl methyl sites for hydroxylation is 1. The van der Waals surface area contributed by atoms with Gasteiger partial charge in [0.1, 0.15) is 11.4 Å². The fraction of sp³-hybridized carbons (Fsp3) is 0.320. The van der Waals surface area contributed by atoms with Crippen LogP contribution in [0.25, 0.3) is 22.2 Å². The molecule has 3 N–H and O–H groups in total. The van der Waals surface area contributed by atoms with Crippen LogP contribution >= 0.6 is 0 Å². The zero-order chi connectivity index (χ0) is 29.5. The molecule has 1 fully saturated rings. The smallest absolute Gasteiger partial charge is 0.379 e. The van der Waals surface area contributed by atoms with Crippen LogP contribution in [0.5, 0.6) is 0 Å². The molecule has 41 heavy (non-hydrogen) atoms. The zero-order valence-corrected chi connectivity index (χ0v) is 20.8. The van der Waals surface area contributed by atoms with Crippen LogP contribution in [0.15, 0.2) is 52.6 Å². The second-order valence-electron chi connectivity index (χ2n) is 9.40. The summed E-state index contributed by atoms with van der Waals surface area (Å²) in [4.78, 5) is 32.1. The first-order valence-electron chi connectivity index (χ1n) is 12.2. The van der Waals surface area contributed by atoms with Gasteiger partial charge in [0, 0.05) is 37.2 Å². The third-order valence-corrected chi connectivity index (χ3v) is 6.79. The van der Waals surface area contributed by atoms with Crippen LogP contribution in [0.4, 0.5) is 36.4 Å². The van der Waals surface area contributed by atoms with Crippen molar-refractivity contribution < 1.29 is 30.7 Å². The Kier molecular flexibility index (Phi) is 7.27. The van der Waals surface area contributed by atoms with Gasteiger partial charge in [-0.15, -0.1) is 0 Å². The number of anilines is 1. The molecule has 0 saturated carbocycles. The van der Waals surface area contributed by atoms with Gasteiger partial charge in [0.2, 0.25) is 0 Å². The Balaban J connectivity index is 1.34. The van der Waals surface area contributed by atoms with Crippen molar-refractivity contribution in [2.24, 2.45) is 0 Å². The van der Waals surface area contributed by atoms with Gasteiger partial charge in [0.25, 0.3) is 11.1 Å². The molecule has 2 atom stereocenters. The van der Waals surface area contributed by atoms with E-state index in [2.05, 4.69) is 25.7 Å². The van der Waals surface area contributed by atoms with Gasteiger partial charge in [-0.2, -0.15) is 31.4 Å². The summed E-state index contributed by atoms with van der Waals surface area (Å²) in [6, 6.07) is 2.89. The lowest BCUT2D eigenvalue weighted by atomic mass is 10.0. The summed E-state index contributed by atoms with van der Waals surface area (Å²) in [7, 11) is 0. The Morgan fingerprint density at radius 3 is 2.44 bits per heavy atom. The molecule has 216 valence electrons. The quantitative estimate of drug-likeness (QED) is 0.295. The summed E-state index contributed by atoms with van der Waals surface area (Å²) in [5, 5.41) is 11.5. The normalized spacial score (nSPS) is 17.7. The van der Waals surface area contributed by atoms with Crippen LogP contribution in [-0.2, 0) is 18.9 Å². The summed E-state index contributed by atoms with van der Waals surface area (Å²) >= 11 is 0. The number of H-pyrrole nitrogens is 1. The minimum Gasteiger partial charge on any atom is -0.379 e. The first-order chi connectivity index (χ1) is 19.3. The van der Waals surface area contributed by atoms with Crippen molar-refractivity contribution in [2.45, 2.75) is 43.8 Å². The number of fused-ring (bicyclic) bond motifs is 1. The molecule has 4 heterocycles. The van der Waals surface area contributed by atoms with Crippen molar-refractivity contribution in [3.63, 3.8) is 0 Å². The van der Waals surface area contributed by atoms with Crippen molar-refractivity contribution in [1.82, 2.24) is 30.0 Å². The molecule has 0 amide bonds. The number of halogens is 7. The van der Waals surface area contributed by atoms with E-state index in [1.54, 1.807) is 5.10 Å². The van der Waals surface area contributed by atoms with E-state index in [9.17, 15) is 40.3 Å². The average molecular weight is 583 g/mol. The number of benzene rings is 1. The molecule has 9 nitrogen and oxygen atoms in total. The number of hydrogen-bond donors (Lipinski definition) is 3. The molecule has 1 aliphatic heterocycles. The topological polar surface area (TPSA) is 118 Å². The Bertz CT molecular complexity index is 1700. The van der Waals surface area contributed by atoms with Gasteiger partial charge in [0.15, 0.2) is 5.82 Å². The molecular weight excluding hydrogens is 563 g/mol. The van der Waals surface area contributed by atoms with E-state index in [-0.39, 0.29) is 29.4 Å². The van der Waals surface area contributed by atoms with Crippen molar-refractivity contribution in [1.29, 1.82) is 0 Å². The summed E-state index contributed by atoms with van der Waals surface area (Å²) in [5.41, 5.74) is -5.01. The minimum atomic E-state index is -4.90. The molecule has 0 aliphatic carbocycles. The molecule has 16 heteroatoms. The molecule has 1 aliphatic rings. The molecule has 4 aromatic rings. The largest absolute Gasteiger partial charge is 0.423 e. The first kappa shape index (κ1) is 28.2. The number of alkyl halides is 6. The summed E-state index contributed by atoms with van der Waals surface area (Å²) in [6.07, 6.45) is -5.36. The monoisotopic (exact) mass is 583 g/mol. The van der Waals surface area contributed by atoms with E-state index >= 15 is 0 Å². The number of nitrogens with zero attached hydrogens (tertiary/aromatic N) is 4. The maximum Gasteiger partial charge on any atom is 0.423 e. The Morgan fingerprint density at radius 1 is 1.02 bits per heavy atom. The van der Waals surface area contributed by atoms with Crippen molar-refractivity contribution in [3.05, 3.63) is 80.6 Å². The molecule has 0 radical (unpaired) electrons. The first-order valence-corrected chi connectivity index (χ1v) is 12.2. The molecule has 3 aromatic heterocycles. The van der Waals surface area contributed by atoms with Crippen LogP contribution in [0.2, 0.25) is 0 Å². The number of hydrogen-bond acceptors (Lipinski definition) is 7. The highest BCUT2D eigenvalue weighted by molar-refractivity contribution is 5.86. The third kappa shape index (κ3) is 5.77. The second kappa shape index (κ2) is 10.6. The van der Waals surface area contributed by atoms with E-state index in [1.165, 1.54) is 22.9 Å². The van der Waals surface area contributed by atoms with Crippen LogP contribution in [0, 0.1) is 5.82 Å². The van der Waals surface area contributed by atoms with Crippen molar-refractivity contribution in [3.8, 4) is 11.4 Å². The fourth-order valence-electron chi connectivity index (χ4n) is 4.78. The van der Waals surface area contributed by atoms with Gasteiger partial charge >= 0.3 is 12.4 Å².